The van der Waals surface area contributed by atoms with Gasteiger partial charge in [0.05, 0.1) is 0 Å². The molecule has 2 aromatic heterocycles. The third-order valence-electron chi connectivity index (χ3n) is 4.58. The highest BCUT2D eigenvalue weighted by molar-refractivity contribution is 5.62. The molecule has 0 bridgehead atoms. The van der Waals surface area contributed by atoms with Crippen molar-refractivity contribution in [3.05, 3.63) is 58.0 Å². The molecule has 3 aromatic rings. The topological polar surface area (TPSA) is 92.8 Å². The van der Waals surface area contributed by atoms with Crippen molar-refractivity contribution in [1.29, 1.82) is 0 Å². The van der Waals surface area contributed by atoms with Crippen molar-refractivity contribution < 1.29 is 8.78 Å². The normalized spacial score (nSPS) is 13.8. The molecule has 9 heteroatoms. The van der Waals surface area contributed by atoms with E-state index < -0.39 is 12.1 Å². The molecule has 0 atom stereocenters. The van der Waals surface area contributed by atoms with Gasteiger partial charge in [0, 0.05) is 36.6 Å². The van der Waals surface area contributed by atoms with E-state index >= 15 is 0 Å². The van der Waals surface area contributed by atoms with Gasteiger partial charge < -0.3 is 10.6 Å². The number of hydrogen-bond donors (Lipinski definition) is 2. The van der Waals surface area contributed by atoms with Crippen LogP contribution in [0.15, 0.2) is 41.3 Å². The Kier molecular flexibility index (Phi) is 4.35. The molecular formula is C18H18F2N6O. The Morgan fingerprint density at radius 1 is 1.30 bits per heavy atom. The Morgan fingerprint density at radius 2 is 2.11 bits per heavy atom. The van der Waals surface area contributed by atoms with Crippen molar-refractivity contribution >= 4 is 11.6 Å². The molecule has 0 unspecified atom stereocenters. The number of nitrogen functional groups attached to an aromatic ring is 1. The Labute approximate surface area is 153 Å². The lowest BCUT2D eigenvalue weighted by Gasteiger charge is -2.31. The average molecular weight is 372 g/mol. The van der Waals surface area contributed by atoms with Gasteiger partial charge in [-0.3, -0.25) is 9.78 Å². The lowest BCUT2D eigenvalue weighted by molar-refractivity contribution is 0.0567. The largest absolute Gasteiger partial charge is 0.369 e. The number of nitrogens with two attached hydrogens (primary N) is 1. The second kappa shape index (κ2) is 6.82. The van der Waals surface area contributed by atoms with Gasteiger partial charge in [0.1, 0.15) is 11.4 Å². The minimum atomic E-state index is -2.79. The van der Waals surface area contributed by atoms with Gasteiger partial charge >= 0.3 is 6.55 Å². The molecule has 1 aromatic carbocycles. The molecular weight excluding hydrogens is 354 g/mol. The molecule has 0 amide bonds. The Balaban J connectivity index is 1.76. The summed E-state index contributed by atoms with van der Waals surface area (Å²) in [5.41, 5.74) is 8.42. The number of aryl methyl sites for hydroxylation is 1. The van der Waals surface area contributed by atoms with E-state index in [2.05, 4.69) is 26.0 Å². The van der Waals surface area contributed by atoms with Crippen LogP contribution in [0.5, 0.6) is 0 Å². The summed E-state index contributed by atoms with van der Waals surface area (Å²) in [5.74, 6) is -0.0848. The average Bonchev–Trinajstić information content (AvgIpc) is 3.05. The smallest absolute Gasteiger partial charge is 0.333 e. The predicted molar refractivity (Wildman–Crippen MR) is 97.6 cm³/mol. The van der Waals surface area contributed by atoms with Crippen LogP contribution in [0, 0.1) is 0 Å². The van der Waals surface area contributed by atoms with Crippen molar-refractivity contribution in [3.63, 3.8) is 0 Å². The lowest BCUT2D eigenvalue weighted by Crippen LogP contribution is -2.28. The molecule has 0 spiro atoms. The van der Waals surface area contributed by atoms with Gasteiger partial charge in [-0.25, -0.2) is 9.67 Å². The van der Waals surface area contributed by atoms with Gasteiger partial charge in [0.25, 0.3) is 5.56 Å². The van der Waals surface area contributed by atoms with E-state index in [-0.39, 0.29) is 17.3 Å². The minimum absolute atomic E-state index is 0.0848. The summed E-state index contributed by atoms with van der Waals surface area (Å²) in [6.45, 7) is -1.60. The summed E-state index contributed by atoms with van der Waals surface area (Å²) in [5, 5.41) is 3.95. The van der Waals surface area contributed by atoms with E-state index in [0.29, 0.717) is 16.8 Å². The van der Waals surface area contributed by atoms with Crippen LogP contribution in [-0.4, -0.2) is 26.3 Å². The predicted octanol–water partition coefficient (Wildman–Crippen LogP) is 2.56. The van der Waals surface area contributed by atoms with Gasteiger partial charge in [-0.05, 0) is 24.5 Å². The summed E-state index contributed by atoms with van der Waals surface area (Å²) < 4.78 is 27.0. The summed E-state index contributed by atoms with van der Waals surface area (Å²) >= 11 is 0. The fraction of sp³-hybridized carbons (Fsp3) is 0.278. The van der Waals surface area contributed by atoms with Crippen LogP contribution in [0.1, 0.15) is 24.1 Å². The van der Waals surface area contributed by atoms with E-state index in [9.17, 15) is 13.6 Å². The SMILES string of the molecule is Nc1nc(-c2nn(C(F)F)cc2CN2CCCc3ccccc32)cc(=O)[nH]1. The first-order chi connectivity index (χ1) is 13.0. The quantitative estimate of drug-likeness (QED) is 0.734. The highest BCUT2D eigenvalue weighted by Gasteiger charge is 2.22. The third kappa shape index (κ3) is 3.40. The summed E-state index contributed by atoms with van der Waals surface area (Å²) in [6, 6.07) is 9.26. The molecule has 0 aliphatic carbocycles. The number of alkyl halides is 2. The standard InChI is InChI=1S/C18H18F2N6O/c19-17(20)26-10-12(16(24-26)13-8-15(27)23-18(21)22-13)9-25-7-3-5-11-4-1-2-6-14(11)25/h1-2,4,6,8,10,17H,3,5,7,9H2,(H3,21,22,23,27). The zero-order chi connectivity index (χ0) is 19.0. The summed E-state index contributed by atoms with van der Waals surface area (Å²) in [4.78, 5) is 20.3. The molecule has 7 nitrogen and oxygen atoms in total. The molecule has 140 valence electrons. The van der Waals surface area contributed by atoms with Crippen LogP contribution in [0.2, 0.25) is 0 Å². The third-order valence-corrected chi connectivity index (χ3v) is 4.58. The van der Waals surface area contributed by atoms with Crippen molar-refractivity contribution in [2.24, 2.45) is 0 Å². The van der Waals surface area contributed by atoms with Crippen molar-refractivity contribution in [2.75, 3.05) is 17.2 Å². The first-order valence-corrected chi connectivity index (χ1v) is 8.57. The van der Waals surface area contributed by atoms with Gasteiger partial charge in [0.2, 0.25) is 5.95 Å². The van der Waals surface area contributed by atoms with E-state index in [4.69, 9.17) is 5.73 Å². The second-order valence-corrected chi connectivity index (χ2v) is 6.43. The van der Waals surface area contributed by atoms with Crippen LogP contribution in [0.25, 0.3) is 11.4 Å². The molecule has 3 heterocycles. The van der Waals surface area contributed by atoms with Gasteiger partial charge in [0.15, 0.2) is 0 Å². The molecule has 1 aliphatic heterocycles. The highest BCUT2D eigenvalue weighted by atomic mass is 19.3. The number of H-pyrrole nitrogens is 1. The van der Waals surface area contributed by atoms with Gasteiger partial charge in [-0.1, -0.05) is 18.2 Å². The van der Waals surface area contributed by atoms with E-state index in [1.807, 2.05) is 18.2 Å². The molecule has 0 fully saturated rings. The van der Waals surface area contributed by atoms with E-state index in [0.717, 1.165) is 25.1 Å². The Hall–Kier alpha value is -3.23. The Bertz CT molecular complexity index is 1030. The molecule has 4 rings (SSSR count). The zero-order valence-electron chi connectivity index (χ0n) is 14.4. The lowest BCUT2D eigenvalue weighted by atomic mass is 10.0. The van der Waals surface area contributed by atoms with E-state index in [1.165, 1.54) is 17.8 Å². The van der Waals surface area contributed by atoms with Crippen LogP contribution in [0.4, 0.5) is 20.4 Å². The first-order valence-electron chi connectivity index (χ1n) is 8.57. The minimum Gasteiger partial charge on any atom is -0.369 e. The van der Waals surface area contributed by atoms with Crippen molar-refractivity contribution in [3.8, 4) is 11.4 Å². The van der Waals surface area contributed by atoms with Crippen LogP contribution < -0.4 is 16.2 Å². The molecule has 0 radical (unpaired) electrons. The number of benzene rings is 1. The zero-order valence-corrected chi connectivity index (χ0v) is 14.4. The van der Waals surface area contributed by atoms with Gasteiger partial charge in [-0.2, -0.15) is 13.9 Å². The fourth-order valence-corrected chi connectivity index (χ4v) is 3.44. The maximum Gasteiger partial charge on any atom is 0.333 e. The molecule has 27 heavy (non-hydrogen) atoms. The molecule has 3 N–H and O–H groups in total. The fourth-order valence-electron chi connectivity index (χ4n) is 3.44. The van der Waals surface area contributed by atoms with Crippen LogP contribution in [-0.2, 0) is 13.0 Å². The van der Waals surface area contributed by atoms with E-state index in [1.54, 1.807) is 0 Å². The molecule has 1 aliphatic rings. The number of aromatic nitrogens is 4. The number of halogens is 2. The number of nitrogens with one attached hydrogen (secondary N) is 1. The number of anilines is 2. The number of para-hydroxylation sites is 1. The Morgan fingerprint density at radius 3 is 2.89 bits per heavy atom. The van der Waals surface area contributed by atoms with Crippen LogP contribution in [0.3, 0.4) is 0 Å². The maximum atomic E-state index is 13.2. The molecule has 0 saturated carbocycles. The summed E-state index contributed by atoms with van der Waals surface area (Å²) in [6.07, 6.45) is 3.27. The number of nitrogens with zero attached hydrogens (tertiary/aromatic N) is 4. The highest BCUT2D eigenvalue weighted by Crippen LogP contribution is 2.30. The number of fused-ring (bicyclic) bond motifs is 1. The first kappa shape index (κ1) is 17.2. The number of rotatable bonds is 4. The monoisotopic (exact) mass is 372 g/mol. The second-order valence-electron chi connectivity index (χ2n) is 6.43. The number of aromatic amines is 1. The molecule has 0 saturated heterocycles. The van der Waals surface area contributed by atoms with Crippen molar-refractivity contribution in [2.45, 2.75) is 25.9 Å². The van der Waals surface area contributed by atoms with Crippen molar-refractivity contribution in [1.82, 2.24) is 19.7 Å². The maximum absolute atomic E-state index is 13.2. The summed E-state index contributed by atoms with van der Waals surface area (Å²) in [7, 11) is 0. The van der Waals surface area contributed by atoms with Crippen LogP contribution >= 0.6 is 0 Å². The van der Waals surface area contributed by atoms with Gasteiger partial charge in [-0.15, -0.1) is 0 Å². The number of hydrogen-bond acceptors (Lipinski definition) is 5.